The van der Waals surface area contributed by atoms with Gasteiger partial charge in [0.15, 0.2) is 0 Å². The van der Waals surface area contributed by atoms with Crippen LogP contribution in [0.1, 0.15) is 35.4 Å². The van der Waals surface area contributed by atoms with E-state index >= 15 is 0 Å². The fourth-order valence-corrected chi connectivity index (χ4v) is 2.72. The summed E-state index contributed by atoms with van der Waals surface area (Å²) in [5.74, 6) is 0.0498. The molecular weight excluding hydrogens is 272 g/mol. The normalized spacial score (nSPS) is 12.7. The van der Waals surface area contributed by atoms with Crippen LogP contribution in [0, 0.1) is 13.8 Å². The van der Waals surface area contributed by atoms with Crippen LogP contribution >= 0.6 is 11.6 Å². The molecule has 0 amide bonds. The number of aliphatic hydroxyl groups is 1. The Morgan fingerprint density at radius 2 is 2.10 bits per heavy atom. The van der Waals surface area contributed by atoms with E-state index in [2.05, 4.69) is 30.2 Å². The van der Waals surface area contributed by atoms with Crippen LogP contribution in [-0.2, 0) is 13.0 Å². The van der Waals surface area contributed by atoms with Gasteiger partial charge in [-0.15, -0.1) is 0 Å². The summed E-state index contributed by atoms with van der Waals surface area (Å²) >= 11 is 6.35. The second-order valence-electron chi connectivity index (χ2n) is 5.16. The van der Waals surface area contributed by atoms with Crippen LogP contribution in [0.5, 0.6) is 0 Å². The van der Waals surface area contributed by atoms with E-state index in [1.54, 1.807) is 0 Å². The summed E-state index contributed by atoms with van der Waals surface area (Å²) < 4.78 is 1.93. The van der Waals surface area contributed by atoms with Crippen molar-refractivity contribution in [2.45, 2.75) is 39.7 Å². The maximum absolute atomic E-state index is 9.72. The first-order chi connectivity index (χ1) is 9.56. The van der Waals surface area contributed by atoms with Crippen LogP contribution in [0.2, 0.25) is 5.02 Å². The first-order valence-electron chi connectivity index (χ1n) is 6.96. The predicted octanol–water partition coefficient (Wildman–Crippen LogP) is 3.49. The SMILES string of the molecule is CCn1nc(C)c(Cl)c1CC(CO)c1cccc(C)c1. The van der Waals surface area contributed by atoms with Gasteiger partial charge in [-0.3, -0.25) is 4.68 Å². The lowest BCUT2D eigenvalue weighted by Crippen LogP contribution is -2.12. The molecule has 2 rings (SSSR count). The fraction of sp³-hybridized carbons (Fsp3) is 0.438. The number of hydrogen-bond donors (Lipinski definition) is 1. The first kappa shape index (κ1) is 15.1. The molecule has 0 radical (unpaired) electrons. The number of aliphatic hydroxyl groups excluding tert-OH is 1. The van der Waals surface area contributed by atoms with Crippen molar-refractivity contribution in [1.29, 1.82) is 0 Å². The molecule has 0 aliphatic heterocycles. The average molecular weight is 293 g/mol. The third-order valence-electron chi connectivity index (χ3n) is 3.63. The lowest BCUT2D eigenvalue weighted by Gasteiger charge is -2.16. The summed E-state index contributed by atoms with van der Waals surface area (Å²) in [5.41, 5.74) is 4.20. The van der Waals surface area contributed by atoms with Crippen molar-refractivity contribution >= 4 is 11.6 Å². The number of hydrogen-bond acceptors (Lipinski definition) is 2. The van der Waals surface area contributed by atoms with Gasteiger partial charge in [0.1, 0.15) is 0 Å². The quantitative estimate of drug-likeness (QED) is 0.916. The molecule has 0 saturated heterocycles. The van der Waals surface area contributed by atoms with Gasteiger partial charge in [0, 0.05) is 12.5 Å². The molecule has 1 unspecified atom stereocenters. The van der Waals surface area contributed by atoms with Crippen molar-refractivity contribution in [3.63, 3.8) is 0 Å². The van der Waals surface area contributed by atoms with E-state index < -0.39 is 0 Å². The van der Waals surface area contributed by atoms with Crippen LogP contribution in [-0.4, -0.2) is 21.5 Å². The number of rotatable bonds is 5. The van der Waals surface area contributed by atoms with Crippen LogP contribution in [0.4, 0.5) is 0 Å². The molecule has 2 aromatic rings. The molecule has 20 heavy (non-hydrogen) atoms. The maximum atomic E-state index is 9.72. The second kappa shape index (κ2) is 6.42. The molecule has 0 aliphatic rings. The minimum atomic E-state index is 0.0498. The number of benzene rings is 1. The predicted molar refractivity (Wildman–Crippen MR) is 82.4 cm³/mol. The summed E-state index contributed by atoms with van der Waals surface area (Å²) in [6, 6.07) is 8.26. The first-order valence-corrected chi connectivity index (χ1v) is 7.33. The number of aromatic nitrogens is 2. The number of nitrogens with zero attached hydrogens (tertiary/aromatic N) is 2. The van der Waals surface area contributed by atoms with Crippen LogP contribution < -0.4 is 0 Å². The van der Waals surface area contributed by atoms with Gasteiger partial charge in [0.25, 0.3) is 0 Å². The highest BCUT2D eigenvalue weighted by molar-refractivity contribution is 6.31. The van der Waals surface area contributed by atoms with Gasteiger partial charge in [-0.05, 0) is 32.8 Å². The topological polar surface area (TPSA) is 38.0 Å². The largest absolute Gasteiger partial charge is 0.396 e. The van der Waals surface area contributed by atoms with Gasteiger partial charge < -0.3 is 5.11 Å². The van der Waals surface area contributed by atoms with Crippen LogP contribution in [0.25, 0.3) is 0 Å². The van der Waals surface area contributed by atoms with E-state index in [4.69, 9.17) is 11.6 Å². The highest BCUT2D eigenvalue weighted by atomic mass is 35.5. The lowest BCUT2D eigenvalue weighted by molar-refractivity contribution is 0.262. The van der Waals surface area contributed by atoms with Crippen LogP contribution in [0.15, 0.2) is 24.3 Å². The van der Waals surface area contributed by atoms with E-state index in [9.17, 15) is 5.11 Å². The van der Waals surface area contributed by atoms with Crippen molar-refractivity contribution in [3.05, 3.63) is 51.8 Å². The Bertz CT molecular complexity index is 592. The molecule has 1 N–H and O–H groups in total. The van der Waals surface area contributed by atoms with E-state index in [0.29, 0.717) is 6.42 Å². The number of aryl methyl sites for hydroxylation is 3. The van der Waals surface area contributed by atoms with Crippen molar-refractivity contribution < 1.29 is 5.11 Å². The fourth-order valence-electron chi connectivity index (χ4n) is 2.51. The Labute approximate surface area is 125 Å². The van der Waals surface area contributed by atoms with Crippen molar-refractivity contribution in [2.75, 3.05) is 6.61 Å². The highest BCUT2D eigenvalue weighted by Crippen LogP contribution is 2.27. The molecule has 0 saturated carbocycles. The van der Waals surface area contributed by atoms with Crippen molar-refractivity contribution in [1.82, 2.24) is 9.78 Å². The Balaban J connectivity index is 2.31. The molecule has 0 bridgehead atoms. The maximum Gasteiger partial charge on any atom is 0.0847 e. The minimum Gasteiger partial charge on any atom is -0.396 e. The smallest absolute Gasteiger partial charge is 0.0847 e. The zero-order chi connectivity index (χ0) is 14.7. The van der Waals surface area contributed by atoms with Crippen molar-refractivity contribution in [3.8, 4) is 0 Å². The molecule has 3 nitrogen and oxygen atoms in total. The zero-order valence-corrected chi connectivity index (χ0v) is 13.0. The second-order valence-corrected chi connectivity index (χ2v) is 5.54. The molecule has 0 spiro atoms. The zero-order valence-electron chi connectivity index (χ0n) is 12.2. The minimum absolute atomic E-state index is 0.0498. The summed E-state index contributed by atoms with van der Waals surface area (Å²) in [7, 11) is 0. The van der Waals surface area contributed by atoms with Gasteiger partial charge in [-0.1, -0.05) is 41.4 Å². The molecule has 1 heterocycles. The van der Waals surface area contributed by atoms with Gasteiger partial charge in [0.05, 0.1) is 23.0 Å². The van der Waals surface area contributed by atoms with Gasteiger partial charge in [0.2, 0.25) is 0 Å². The van der Waals surface area contributed by atoms with Gasteiger partial charge in [-0.25, -0.2) is 0 Å². The molecule has 0 aliphatic carbocycles. The number of halogens is 1. The molecular formula is C16H21ClN2O. The lowest BCUT2D eigenvalue weighted by atomic mass is 9.93. The van der Waals surface area contributed by atoms with E-state index in [0.717, 1.165) is 28.5 Å². The summed E-state index contributed by atoms with van der Waals surface area (Å²) in [6.45, 7) is 6.92. The summed E-state index contributed by atoms with van der Waals surface area (Å²) in [6.07, 6.45) is 0.702. The van der Waals surface area contributed by atoms with E-state index in [-0.39, 0.29) is 12.5 Å². The molecule has 4 heteroatoms. The Morgan fingerprint density at radius 1 is 1.35 bits per heavy atom. The van der Waals surface area contributed by atoms with Crippen LogP contribution in [0.3, 0.4) is 0 Å². The third-order valence-corrected chi connectivity index (χ3v) is 4.12. The summed E-state index contributed by atoms with van der Waals surface area (Å²) in [5, 5.41) is 14.9. The van der Waals surface area contributed by atoms with Gasteiger partial charge in [-0.2, -0.15) is 5.10 Å². The van der Waals surface area contributed by atoms with Gasteiger partial charge >= 0.3 is 0 Å². The standard InChI is InChI=1S/C16H21ClN2O/c1-4-19-15(16(17)12(3)18-19)9-14(10-20)13-7-5-6-11(2)8-13/h5-8,14,20H,4,9-10H2,1-3H3. The van der Waals surface area contributed by atoms with E-state index in [1.165, 1.54) is 5.56 Å². The molecule has 1 atom stereocenters. The third kappa shape index (κ3) is 3.05. The monoisotopic (exact) mass is 292 g/mol. The Morgan fingerprint density at radius 3 is 2.70 bits per heavy atom. The molecule has 0 fully saturated rings. The molecule has 1 aromatic heterocycles. The Hall–Kier alpha value is -1.32. The summed E-state index contributed by atoms with van der Waals surface area (Å²) in [4.78, 5) is 0. The molecule has 108 valence electrons. The van der Waals surface area contributed by atoms with Crippen molar-refractivity contribution in [2.24, 2.45) is 0 Å². The average Bonchev–Trinajstić information content (AvgIpc) is 2.71. The Kier molecular flexibility index (Phi) is 4.84. The van der Waals surface area contributed by atoms with E-state index in [1.807, 2.05) is 24.6 Å². The molecule has 1 aromatic carbocycles. The highest BCUT2D eigenvalue weighted by Gasteiger charge is 2.19.